The third-order valence-corrected chi connectivity index (χ3v) is 2.40. The second kappa shape index (κ2) is 6.81. The average Bonchev–Trinajstić information content (AvgIpc) is 2.36. The maximum atomic E-state index is 11.2. The summed E-state index contributed by atoms with van der Waals surface area (Å²) in [5.41, 5.74) is 0.525. The molecular formula is C12H14N2O2S. The fourth-order valence-corrected chi connectivity index (χ4v) is 1.35. The van der Waals surface area contributed by atoms with Gasteiger partial charge in [-0.05, 0) is 24.3 Å². The summed E-state index contributed by atoms with van der Waals surface area (Å²) in [6, 6.07) is 8.86. The SMILES string of the molecule is CC(CC#N)COc1ccc(C(=O)NS)cc1. The monoisotopic (exact) mass is 250 g/mol. The highest BCUT2D eigenvalue weighted by atomic mass is 32.1. The van der Waals surface area contributed by atoms with Crippen molar-refractivity contribution in [2.24, 2.45) is 5.92 Å². The number of carbonyl (C=O) groups is 1. The van der Waals surface area contributed by atoms with E-state index in [0.29, 0.717) is 24.3 Å². The molecule has 1 atom stereocenters. The summed E-state index contributed by atoms with van der Waals surface area (Å²) < 4.78 is 7.73. The van der Waals surface area contributed by atoms with Crippen LogP contribution in [0.5, 0.6) is 5.75 Å². The lowest BCUT2D eigenvalue weighted by Crippen LogP contribution is -2.12. The number of rotatable bonds is 5. The van der Waals surface area contributed by atoms with Gasteiger partial charge in [0.15, 0.2) is 0 Å². The molecule has 0 aromatic heterocycles. The molecule has 5 heteroatoms. The smallest absolute Gasteiger partial charge is 0.260 e. The van der Waals surface area contributed by atoms with Crippen molar-refractivity contribution in [2.75, 3.05) is 6.61 Å². The van der Waals surface area contributed by atoms with Gasteiger partial charge >= 0.3 is 0 Å². The number of nitrogens with zero attached hydrogens (tertiary/aromatic N) is 1. The van der Waals surface area contributed by atoms with E-state index in [2.05, 4.69) is 23.6 Å². The Kier molecular flexibility index (Phi) is 5.37. The zero-order valence-corrected chi connectivity index (χ0v) is 10.4. The highest BCUT2D eigenvalue weighted by molar-refractivity contribution is 7.78. The fraction of sp³-hybridized carbons (Fsp3) is 0.333. The maximum Gasteiger partial charge on any atom is 0.260 e. The minimum atomic E-state index is -0.252. The number of nitriles is 1. The minimum Gasteiger partial charge on any atom is -0.493 e. The van der Waals surface area contributed by atoms with Gasteiger partial charge in [0.2, 0.25) is 0 Å². The van der Waals surface area contributed by atoms with Gasteiger partial charge in [0.1, 0.15) is 5.75 Å². The third-order valence-electron chi connectivity index (χ3n) is 2.19. The van der Waals surface area contributed by atoms with Crippen LogP contribution in [0, 0.1) is 17.2 Å². The van der Waals surface area contributed by atoms with E-state index in [1.54, 1.807) is 24.3 Å². The van der Waals surface area contributed by atoms with Crippen molar-refractivity contribution >= 4 is 18.7 Å². The molecule has 0 aliphatic carbocycles. The molecular weight excluding hydrogens is 236 g/mol. The molecule has 1 unspecified atom stereocenters. The highest BCUT2D eigenvalue weighted by Gasteiger charge is 2.05. The first-order valence-corrected chi connectivity index (χ1v) is 5.66. The van der Waals surface area contributed by atoms with Crippen LogP contribution < -0.4 is 9.46 Å². The Balaban J connectivity index is 2.51. The van der Waals surface area contributed by atoms with Crippen molar-refractivity contribution in [1.29, 1.82) is 5.26 Å². The first-order chi connectivity index (χ1) is 8.17. The third kappa shape index (κ3) is 4.37. The van der Waals surface area contributed by atoms with Gasteiger partial charge in [-0.2, -0.15) is 5.26 Å². The van der Waals surface area contributed by atoms with E-state index in [1.807, 2.05) is 6.92 Å². The molecule has 1 aromatic rings. The number of hydrogen-bond acceptors (Lipinski definition) is 4. The van der Waals surface area contributed by atoms with Crippen LogP contribution in [0.1, 0.15) is 23.7 Å². The van der Waals surface area contributed by atoms with Gasteiger partial charge in [-0.15, -0.1) is 0 Å². The van der Waals surface area contributed by atoms with Gasteiger partial charge in [0.25, 0.3) is 5.91 Å². The van der Waals surface area contributed by atoms with Crippen molar-refractivity contribution in [3.8, 4) is 11.8 Å². The molecule has 1 rings (SSSR count). The summed E-state index contributed by atoms with van der Waals surface area (Å²) in [5.74, 6) is 0.628. The van der Waals surface area contributed by atoms with Crippen molar-refractivity contribution in [2.45, 2.75) is 13.3 Å². The topological polar surface area (TPSA) is 62.1 Å². The Hall–Kier alpha value is -1.67. The van der Waals surface area contributed by atoms with Crippen LogP contribution >= 0.6 is 12.8 Å². The Morgan fingerprint density at radius 3 is 2.71 bits per heavy atom. The van der Waals surface area contributed by atoms with E-state index >= 15 is 0 Å². The van der Waals surface area contributed by atoms with E-state index in [-0.39, 0.29) is 11.8 Å². The van der Waals surface area contributed by atoms with E-state index in [9.17, 15) is 4.79 Å². The van der Waals surface area contributed by atoms with Crippen molar-refractivity contribution in [1.82, 2.24) is 4.72 Å². The van der Waals surface area contributed by atoms with Crippen LogP contribution in [0.25, 0.3) is 0 Å². The summed E-state index contributed by atoms with van der Waals surface area (Å²) in [4.78, 5) is 11.2. The van der Waals surface area contributed by atoms with E-state index in [0.717, 1.165) is 0 Å². The molecule has 0 fully saturated rings. The first-order valence-electron chi connectivity index (χ1n) is 5.21. The van der Waals surface area contributed by atoms with E-state index in [4.69, 9.17) is 10.00 Å². The molecule has 0 saturated heterocycles. The largest absolute Gasteiger partial charge is 0.493 e. The van der Waals surface area contributed by atoms with E-state index in [1.165, 1.54) is 0 Å². The van der Waals surface area contributed by atoms with Crippen LogP contribution in [0.3, 0.4) is 0 Å². The van der Waals surface area contributed by atoms with Gasteiger partial charge in [0.05, 0.1) is 12.7 Å². The number of amides is 1. The zero-order valence-electron chi connectivity index (χ0n) is 9.51. The van der Waals surface area contributed by atoms with Crippen LogP contribution in [0.4, 0.5) is 0 Å². The van der Waals surface area contributed by atoms with E-state index < -0.39 is 0 Å². The van der Waals surface area contributed by atoms with Gasteiger partial charge in [0, 0.05) is 17.9 Å². The van der Waals surface area contributed by atoms with Crippen molar-refractivity contribution in [3.63, 3.8) is 0 Å². The summed E-state index contributed by atoms with van der Waals surface area (Å²) in [5, 5.41) is 8.50. The molecule has 0 heterocycles. The van der Waals surface area contributed by atoms with Gasteiger partial charge < -0.3 is 4.74 Å². The molecule has 0 saturated carbocycles. The lowest BCUT2D eigenvalue weighted by Gasteiger charge is -2.10. The predicted octanol–water partition coefficient (Wildman–Crippen LogP) is 2.19. The zero-order chi connectivity index (χ0) is 12.7. The number of benzene rings is 1. The second-order valence-electron chi connectivity index (χ2n) is 3.74. The second-order valence-corrected chi connectivity index (χ2v) is 3.97. The first kappa shape index (κ1) is 13.4. The number of carbonyl (C=O) groups excluding carboxylic acids is 1. The standard InChI is InChI=1S/C12H14N2O2S/c1-9(6-7-13)8-16-11-4-2-10(3-5-11)12(15)14-17/h2-5,9,17H,6,8H2,1H3,(H,14,15). The average molecular weight is 250 g/mol. The molecule has 0 aliphatic rings. The summed E-state index contributed by atoms with van der Waals surface area (Å²) >= 11 is 3.68. The Bertz CT molecular complexity index is 412. The van der Waals surface area contributed by atoms with Crippen molar-refractivity contribution in [3.05, 3.63) is 29.8 Å². The Morgan fingerprint density at radius 2 is 2.18 bits per heavy atom. The van der Waals surface area contributed by atoms with Crippen molar-refractivity contribution < 1.29 is 9.53 Å². The number of nitrogens with one attached hydrogen (secondary N) is 1. The van der Waals surface area contributed by atoms with Crippen LogP contribution in [-0.2, 0) is 0 Å². The fourth-order valence-electron chi connectivity index (χ4n) is 1.22. The number of hydrogen-bond donors (Lipinski definition) is 2. The molecule has 1 aromatic carbocycles. The maximum absolute atomic E-state index is 11.2. The Labute approximate surface area is 106 Å². The van der Waals surface area contributed by atoms with Gasteiger partial charge in [-0.25, -0.2) is 0 Å². The summed E-state index contributed by atoms with van der Waals surface area (Å²) in [6.45, 7) is 2.44. The predicted molar refractivity (Wildman–Crippen MR) is 67.8 cm³/mol. The minimum absolute atomic E-state index is 0.195. The molecule has 0 spiro atoms. The molecule has 0 aliphatic heterocycles. The normalized spacial score (nSPS) is 11.4. The molecule has 90 valence electrons. The molecule has 17 heavy (non-hydrogen) atoms. The quantitative estimate of drug-likeness (QED) is 0.787. The number of ether oxygens (including phenoxy) is 1. The highest BCUT2D eigenvalue weighted by Crippen LogP contribution is 2.14. The molecule has 4 nitrogen and oxygen atoms in total. The Morgan fingerprint density at radius 1 is 1.53 bits per heavy atom. The lowest BCUT2D eigenvalue weighted by molar-refractivity contribution is 0.0985. The van der Waals surface area contributed by atoms with Crippen LogP contribution in [0.15, 0.2) is 24.3 Å². The lowest BCUT2D eigenvalue weighted by atomic mass is 10.1. The molecule has 0 radical (unpaired) electrons. The van der Waals surface area contributed by atoms with Crippen LogP contribution in [-0.4, -0.2) is 12.5 Å². The molecule has 1 amide bonds. The molecule has 0 bridgehead atoms. The summed E-state index contributed by atoms with van der Waals surface area (Å²) in [7, 11) is 0. The number of thiol groups is 1. The van der Waals surface area contributed by atoms with Crippen LogP contribution in [0.2, 0.25) is 0 Å². The molecule has 1 N–H and O–H groups in total. The van der Waals surface area contributed by atoms with Gasteiger partial charge in [-0.3, -0.25) is 9.52 Å². The summed E-state index contributed by atoms with van der Waals surface area (Å²) in [6.07, 6.45) is 0.472. The van der Waals surface area contributed by atoms with Gasteiger partial charge in [-0.1, -0.05) is 19.7 Å².